The van der Waals surface area contributed by atoms with Crippen molar-refractivity contribution < 1.29 is 24.6 Å². The number of benzene rings is 1. The van der Waals surface area contributed by atoms with Crippen molar-refractivity contribution in [1.82, 2.24) is 5.32 Å². The lowest BCUT2D eigenvalue weighted by atomic mass is 10.1. The smallest absolute Gasteiger partial charge is 0.326 e. The average molecular weight is 280 g/mol. The van der Waals surface area contributed by atoms with Crippen LogP contribution in [0.1, 0.15) is 24.4 Å². The molecule has 0 heterocycles. The fourth-order valence-corrected chi connectivity index (χ4v) is 1.60. The van der Waals surface area contributed by atoms with Crippen LogP contribution in [-0.2, 0) is 14.4 Å². The zero-order chi connectivity index (χ0) is 15.1. The van der Waals surface area contributed by atoms with Gasteiger partial charge in [-0.3, -0.25) is 9.59 Å². The fraction of sp³-hybridized carbons (Fsp3) is 0.308. The third kappa shape index (κ3) is 4.69. The molecule has 7 heteroatoms. The predicted molar refractivity (Wildman–Crippen MR) is 69.8 cm³/mol. The van der Waals surface area contributed by atoms with Gasteiger partial charge in [-0.25, -0.2) is 4.79 Å². The molecule has 2 atom stereocenters. The maximum absolute atomic E-state index is 11.9. The minimum Gasteiger partial charge on any atom is -0.481 e. The van der Waals surface area contributed by atoms with Crippen LogP contribution in [-0.4, -0.2) is 34.1 Å². The van der Waals surface area contributed by atoms with E-state index in [1.165, 1.54) is 0 Å². The van der Waals surface area contributed by atoms with Crippen LogP contribution >= 0.6 is 0 Å². The van der Waals surface area contributed by atoms with Crippen molar-refractivity contribution in [1.29, 1.82) is 0 Å². The van der Waals surface area contributed by atoms with Crippen molar-refractivity contribution in [2.75, 3.05) is 0 Å². The molecule has 1 unspecified atom stereocenters. The molecule has 0 aliphatic carbocycles. The highest BCUT2D eigenvalue weighted by molar-refractivity contribution is 5.87. The highest BCUT2D eigenvalue weighted by Gasteiger charge is 2.24. The van der Waals surface area contributed by atoms with Gasteiger partial charge in [-0.1, -0.05) is 30.3 Å². The highest BCUT2D eigenvalue weighted by atomic mass is 16.4. The molecule has 1 rings (SSSR count). The fourth-order valence-electron chi connectivity index (χ4n) is 1.60. The number of rotatable bonds is 7. The molecule has 108 valence electrons. The van der Waals surface area contributed by atoms with E-state index in [9.17, 15) is 14.4 Å². The normalized spacial score (nSPS) is 13.2. The maximum atomic E-state index is 11.9. The summed E-state index contributed by atoms with van der Waals surface area (Å²) in [7, 11) is 0. The topological polar surface area (TPSA) is 130 Å². The first kappa shape index (κ1) is 15.6. The molecule has 7 nitrogen and oxygen atoms in total. The van der Waals surface area contributed by atoms with E-state index in [-0.39, 0.29) is 12.8 Å². The first-order chi connectivity index (χ1) is 9.41. The monoisotopic (exact) mass is 280 g/mol. The number of nitrogens with one attached hydrogen (secondary N) is 1. The minimum atomic E-state index is -1.29. The summed E-state index contributed by atoms with van der Waals surface area (Å²) in [6.07, 6.45) is -0.546. The molecule has 20 heavy (non-hydrogen) atoms. The van der Waals surface area contributed by atoms with E-state index in [4.69, 9.17) is 15.9 Å². The van der Waals surface area contributed by atoms with Crippen LogP contribution in [0.3, 0.4) is 0 Å². The Morgan fingerprint density at radius 2 is 1.75 bits per heavy atom. The Hall–Kier alpha value is -2.41. The second-order valence-corrected chi connectivity index (χ2v) is 4.22. The van der Waals surface area contributed by atoms with Crippen molar-refractivity contribution in [2.45, 2.75) is 24.9 Å². The van der Waals surface area contributed by atoms with Crippen molar-refractivity contribution >= 4 is 17.8 Å². The van der Waals surface area contributed by atoms with Crippen molar-refractivity contribution in [3.05, 3.63) is 35.9 Å². The number of hydrogen-bond acceptors (Lipinski definition) is 4. The van der Waals surface area contributed by atoms with Gasteiger partial charge in [0.05, 0.1) is 0 Å². The molecule has 0 saturated heterocycles. The molecule has 1 aromatic carbocycles. The molecule has 1 amide bonds. The van der Waals surface area contributed by atoms with Gasteiger partial charge in [-0.2, -0.15) is 0 Å². The molecule has 0 aliphatic heterocycles. The summed E-state index contributed by atoms with van der Waals surface area (Å²) >= 11 is 0. The first-order valence-corrected chi connectivity index (χ1v) is 5.97. The molecule has 5 N–H and O–H groups in total. The summed E-state index contributed by atoms with van der Waals surface area (Å²) in [6, 6.07) is 6.22. The first-order valence-electron chi connectivity index (χ1n) is 5.97. The van der Waals surface area contributed by atoms with Crippen LogP contribution in [0.15, 0.2) is 30.3 Å². The second kappa shape index (κ2) is 7.25. The summed E-state index contributed by atoms with van der Waals surface area (Å²) < 4.78 is 0. The largest absolute Gasteiger partial charge is 0.481 e. The van der Waals surface area contributed by atoms with E-state index in [2.05, 4.69) is 5.32 Å². The van der Waals surface area contributed by atoms with Gasteiger partial charge in [0.2, 0.25) is 5.91 Å². The number of carbonyl (C=O) groups is 3. The van der Waals surface area contributed by atoms with Gasteiger partial charge in [0.1, 0.15) is 12.1 Å². The van der Waals surface area contributed by atoms with Gasteiger partial charge in [-0.15, -0.1) is 0 Å². The number of hydrogen-bond donors (Lipinski definition) is 4. The Balaban J connectivity index is 2.66. The van der Waals surface area contributed by atoms with E-state index < -0.39 is 29.9 Å². The lowest BCUT2D eigenvalue weighted by molar-refractivity contribution is -0.143. The quantitative estimate of drug-likeness (QED) is 0.561. The van der Waals surface area contributed by atoms with Gasteiger partial charge >= 0.3 is 11.9 Å². The Labute approximate surface area is 115 Å². The van der Waals surface area contributed by atoms with Crippen molar-refractivity contribution in [3.63, 3.8) is 0 Å². The Morgan fingerprint density at radius 1 is 1.15 bits per heavy atom. The van der Waals surface area contributed by atoms with Crippen molar-refractivity contribution in [2.24, 2.45) is 5.73 Å². The number of nitrogens with two attached hydrogens (primary N) is 1. The summed E-state index contributed by atoms with van der Waals surface area (Å²) in [5.41, 5.74) is 6.27. The van der Waals surface area contributed by atoms with Gasteiger partial charge in [-0.05, 0) is 12.0 Å². The van der Waals surface area contributed by atoms with Crippen LogP contribution in [0.5, 0.6) is 0 Å². The molecular weight excluding hydrogens is 264 g/mol. The third-order valence-electron chi connectivity index (χ3n) is 2.70. The van der Waals surface area contributed by atoms with Crippen LogP contribution in [0.2, 0.25) is 0 Å². The molecular formula is C13H16N2O5. The van der Waals surface area contributed by atoms with Crippen LogP contribution in [0, 0.1) is 0 Å². The lowest BCUT2D eigenvalue weighted by Crippen LogP contribution is -2.45. The second-order valence-electron chi connectivity index (χ2n) is 4.22. The summed E-state index contributed by atoms with van der Waals surface area (Å²) in [4.78, 5) is 33.3. The highest BCUT2D eigenvalue weighted by Crippen LogP contribution is 2.10. The molecule has 0 bridgehead atoms. The van der Waals surface area contributed by atoms with E-state index >= 15 is 0 Å². The van der Waals surface area contributed by atoms with Crippen molar-refractivity contribution in [3.8, 4) is 0 Å². The molecule has 0 saturated carbocycles. The van der Waals surface area contributed by atoms with Crippen LogP contribution < -0.4 is 11.1 Å². The Bertz CT molecular complexity index is 489. The summed E-state index contributed by atoms with van der Waals surface area (Å²) in [6.45, 7) is 0. The Kier molecular flexibility index (Phi) is 5.67. The number of aliphatic carboxylic acids is 2. The molecule has 0 aromatic heterocycles. The maximum Gasteiger partial charge on any atom is 0.326 e. The number of carboxylic acids is 2. The number of carbonyl (C=O) groups excluding carboxylic acids is 1. The van der Waals surface area contributed by atoms with E-state index in [0.29, 0.717) is 5.56 Å². The van der Waals surface area contributed by atoms with Gasteiger partial charge in [0.15, 0.2) is 0 Å². The van der Waals surface area contributed by atoms with Gasteiger partial charge in [0.25, 0.3) is 0 Å². The molecule has 0 radical (unpaired) electrons. The van der Waals surface area contributed by atoms with E-state index in [0.717, 1.165) is 0 Å². The minimum absolute atomic E-state index is 0.197. The standard InChI is InChI=1S/C13H16N2O5/c14-11(8-4-2-1-3-5-8)12(18)15-9(13(19)20)6-7-10(16)17/h1-5,9,11H,6-7,14H2,(H,15,18)(H,16,17)(H,19,20)/t9-,11?/m0/s1. The average Bonchev–Trinajstić information content (AvgIpc) is 2.42. The predicted octanol–water partition coefficient (Wildman–Crippen LogP) is 0.121. The number of amides is 1. The SMILES string of the molecule is NC(C(=O)N[C@@H](CCC(=O)O)C(=O)O)c1ccccc1. The molecule has 0 spiro atoms. The Morgan fingerprint density at radius 3 is 2.25 bits per heavy atom. The zero-order valence-electron chi connectivity index (χ0n) is 10.7. The third-order valence-corrected chi connectivity index (χ3v) is 2.70. The zero-order valence-corrected chi connectivity index (χ0v) is 10.7. The van der Waals surface area contributed by atoms with Crippen LogP contribution in [0.4, 0.5) is 0 Å². The van der Waals surface area contributed by atoms with Gasteiger partial charge in [0, 0.05) is 6.42 Å². The molecule has 0 fully saturated rings. The van der Waals surface area contributed by atoms with E-state index in [1.807, 2.05) is 0 Å². The number of carboxylic acid groups (broad SMARTS) is 2. The lowest BCUT2D eigenvalue weighted by Gasteiger charge is -2.17. The van der Waals surface area contributed by atoms with Gasteiger partial charge < -0.3 is 21.3 Å². The van der Waals surface area contributed by atoms with Crippen LogP contribution in [0.25, 0.3) is 0 Å². The summed E-state index contributed by atoms with van der Waals surface area (Å²) in [5.74, 6) is -3.08. The summed E-state index contributed by atoms with van der Waals surface area (Å²) in [5, 5.41) is 19.7. The molecule has 0 aliphatic rings. The molecule has 1 aromatic rings. The van der Waals surface area contributed by atoms with E-state index in [1.54, 1.807) is 30.3 Å².